The van der Waals surface area contributed by atoms with Gasteiger partial charge in [-0.2, -0.15) is 11.8 Å². The lowest BCUT2D eigenvalue weighted by Gasteiger charge is -2.13. The lowest BCUT2D eigenvalue weighted by atomic mass is 10.2. The van der Waals surface area contributed by atoms with Crippen molar-refractivity contribution in [3.05, 3.63) is 35.4 Å². The first-order valence-electron chi connectivity index (χ1n) is 5.12. The number of aliphatic hydroxyl groups is 2. The first-order valence-corrected chi connectivity index (χ1v) is 6.16. The Morgan fingerprint density at radius 1 is 1.13 bits per heavy atom. The topological polar surface area (TPSA) is 40.5 Å². The molecule has 1 aromatic carbocycles. The highest BCUT2D eigenvalue weighted by Crippen LogP contribution is 2.20. The van der Waals surface area contributed by atoms with Crippen molar-refractivity contribution in [2.45, 2.75) is 37.6 Å². The van der Waals surface area contributed by atoms with Crippen LogP contribution in [0.1, 0.15) is 25.0 Å². The minimum absolute atomic E-state index is 0.0947. The van der Waals surface area contributed by atoms with Crippen molar-refractivity contribution in [2.75, 3.05) is 0 Å². The fourth-order valence-electron chi connectivity index (χ4n) is 1.11. The molecule has 0 heterocycles. The van der Waals surface area contributed by atoms with Crippen LogP contribution in [0.3, 0.4) is 0 Å². The molecule has 0 aliphatic rings. The molecule has 84 valence electrons. The van der Waals surface area contributed by atoms with E-state index in [1.54, 1.807) is 11.8 Å². The van der Waals surface area contributed by atoms with E-state index in [-0.39, 0.29) is 18.0 Å². The Bertz CT molecular complexity index is 282. The average molecular weight is 226 g/mol. The Morgan fingerprint density at radius 2 is 1.67 bits per heavy atom. The Hall–Kier alpha value is -0.510. The third-order valence-electron chi connectivity index (χ3n) is 2.40. The smallest absolute Gasteiger partial charge is 0.0681 e. The van der Waals surface area contributed by atoms with Crippen LogP contribution in [0.5, 0.6) is 0 Å². The summed E-state index contributed by atoms with van der Waals surface area (Å²) in [4.78, 5) is 0. The van der Waals surface area contributed by atoms with Gasteiger partial charge in [-0.25, -0.2) is 0 Å². The monoisotopic (exact) mass is 226 g/mol. The molecule has 3 heteroatoms. The maximum atomic E-state index is 9.33. The molecule has 0 saturated carbocycles. The average Bonchev–Trinajstić information content (AvgIpc) is 2.26. The summed E-state index contributed by atoms with van der Waals surface area (Å²) in [5.41, 5.74) is 2.16. The van der Waals surface area contributed by atoms with Gasteiger partial charge in [0.25, 0.3) is 0 Å². The summed E-state index contributed by atoms with van der Waals surface area (Å²) >= 11 is 1.74. The molecule has 0 amide bonds. The van der Waals surface area contributed by atoms with Crippen molar-refractivity contribution in [3.63, 3.8) is 0 Å². The zero-order valence-corrected chi connectivity index (χ0v) is 10.00. The molecule has 0 bridgehead atoms. The van der Waals surface area contributed by atoms with Gasteiger partial charge in [-0.3, -0.25) is 0 Å². The standard InChI is InChI=1S/C12H18O2S/c1-9(14)10(2)15-8-12-5-3-11(7-13)4-6-12/h3-6,9-10,13-14H,7-8H2,1-2H3. The van der Waals surface area contributed by atoms with Gasteiger partial charge < -0.3 is 10.2 Å². The van der Waals surface area contributed by atoms with Gasteiger partial charge in [0.05, 0.1) is 12.7 Å². The number of aliphatic hydroxyl groups excluding tert-OH is 2. The molecule has 1 rings (SSSR count). The van der Waals surface area contributed by atoms with E-state index < -0.39 is 0 Å². The van der Waals surface area contributed by atoms with Crippen molar-refractivity contribution in [1.82, 2.24) is 0 Å². The van der Waals surface area contributed by atoms with Crippen molar-refractivity contribution >= 4 is 11.8 Å². The zero-order chi connectivity index (χ0) is 11.3. The van der Waals surface area contributed by atoms with Crippen LogP contribution in [0, 0.1) is 0 Å². The molecule has 2 atom stereocenters. The van der Waals surface area contributed by atoms with E-state index >= 15 is 0 Å². The van der Waals surface area contributed by atoms with E-state index in [0.29, 0.717) is 0 Å². The van der Waals surface area contributed by atoms with Crippen LogP contribution < -0.4 is 0 Å². The SMILES string of the molecule is CC(O)C(C)SCc1ccc(CO)cc1. The van der Waals surface area contributed by atoms with Gasteiger partial charge in [0, 0.05) is 11.0 Å². The second-order valence-corrected chi connectivity index (χ2v) is 5.10. The molecule has 0 aliphatic carbocycles. The molecule has 2 N–H and O–H groups in total. The number of thioether (sulfide) groups is 1. The molecule has 2 unspecified atom stereocenters. The van der Waals surface area contributed by atoms with Crippen LogP contribution in [0.15, 0.2) is 24.3 Å². The molecule has 0 fully saturated rings. The second kappa shape index (κ2) is 6.16. The summed E-state index contributed by atoms with van der Waals surface area (Å²) < 4.78 is 0. The summed E-state index contributed by atoms with van der Waals surface area (Å²) in [6.45, 7) is 3.93. The van der Waals surface area contributed by atoms with Gasteiger partial charge in [0.15, 0.2) is 0 Å². The Balaban J connectivity index is 2.44. The predicted molar refractivity (Wildman–Crippen MR) is 64.8 cm³/mol. The van der Waals surface area contributed by atoms with Crippen LogP contribution in [0.2, 0.25) is 0 Å². The number of hydrogen-bond donors (Lipinski definition) is 2. The van der Waals surface area contributed by atoms with Gasteiger partial charge in [0.2, 0.25) is 0 Å². The molecule has 0 spiro atoms. The van der Waals surface area contributed by atoms with Crippen molar-refractivity contribution in [3.8, 4) is 0 Å². The number of rotatable bonds is 5. The molecular formula is C12H18O2S. The van der Waals surface area contributed by atoms with Gasteiger partial charge in [-0.05, 0) is 18.1 Å². The lowest BCUT2D eigenvalue weighted by molar-refractivity contribution is 0.196. The third-order valence-corrected chi connectivity index (χ3v) is 3.82. The summed E-state index contributed by atoms with van der Waals surface area (Å²) in [5.74, 6) is 0.901. The van der Waals surface area contributed by atoms with E-state index in [1.165, 1.54) is 5.56 Å². The molecule has 2 nitrogen and oxygen atoms in total. The number of hydrogen-bond acceptors (Lipinski definition) is 3. The minimum atomic E-state index is -0.272. The van der Waals surface area contributed by atoms with Gasteiger partial charge in [-0.1, -0.05) is 31.2 Å². The van der Waals surface area contributed by atoms with E-state index in [0.717, 1.165) is 11.3 Å². The highest BCUT2D eigenvalue weighted by Gasteiger charge is 2.08. The van der Waals surface area contributed by atoms with Crippen molar-refractivity contribution in [2.24, 2.45) is 0 Å². The summed E-state index contributed by atoms with van der Waals surface area (Å²) in [5, 5.41) is 18.5. The maximum absolute atomic E-state index is 9.33. The number of benzene rings is 1. The zero-order valence-electron chi connectivity index (χ0n) is 9.18. The van der Waals surface area contributed by atoms with E-state index in [9.17, 15) is 5.11 Å². The summed E-state index contributed by atoms with van der Waals surface area (Å²) in [7, 11) is 0. The van der Waals surface area contributed by atoms with E-state index in [4.69, 9.17) is 5.11 Å². The normalized spacial score (nSPS) is 14.9. The molecule has 0 aromatic heterocycles. The van der Waals surface area contributed by atoms with E-state index in [1.807, 2.05) is 38.1 Å². The molecule has 0 aliphatic heterocycles. The van der Waals surface area contributed by atoms with Crippen molar-refractivity contribution < 1.29 is 10.2 Å². The van der Waals surface area contributed by atoms with Crippen LogP contribution in [0.4, 0.5) is 0 Å². The highest BCUT2D eigenvalue weighted by molar-refractivity contribution is 7.99. The lowest BCUT2D eigenvalue weighted by Crippen LogP contribution is -2.15. The molecule has 0 radical (unpaired) electrons. The Labute approximate surface area is 95.3 Å². The van der Waals surface area contributed by atoms with Crippen molar-refractivity contribution in [1.29, 1.82) is 0 Å². The molecule has 15 heavy (non-hydrogen) atoms. The Morgan fingerprint density at radius 3 is 2.13 bits per heavy atom. The van der Waals surface area contributed by atoms with Crippen LogP contribution in [-0.4, -0.2) is 21.6 Å². The Kier molecular flexibility index (Phi) is 5.15. The maximum Gasteiger partial charge on any atom is 0.0681 e. The van der Waals surface area contributed by atoms with Crippen LogP contribution >= 0.6 is 11.8 Å². The van der Waals surface area contributed by atoms with E-state index in [2.05, 4.69) is 0 Å². The van der Waals surface area contributed by atoms with Gasteiger partial charge >= 0.3 is 0 Å². The first kappa shape index (κ1) is 12.6. The first-order chi connectivity index (χ1) is 7.13. The third kappa shape index (κ3) is 4.24. The summed E-state index contributed by atoms with van der Waals surface area (Å²) in [6, 6.07) is 7.91. The fraction of sp³-hybridized carbons (Fsp3) is 0.500. The fourth-order valence-corrected chi connectivity index (χ4v) is 2.03. The predicted octanol–water partition coefficient (Wildman–Crippen LogP) is 2.18. The largest absolute Gasteiger partial charge is 0.392 e. The highest BCUT2D eigenvalue weighted by atomic mass is 32.2. The summed E-state index contributed by atoms with van der Waals surface area (Å²) in [6.07, 6.45) is -0.272. The van der Waals surface area contributed by atoms with Crippen LogP contribution in [0.25, 0.3) is 0 Å². The molecular weight excluding hydrogens is 208 g/mol. The quantitative estimate of drug-likeness (QED) is 0.808. The second-order valence-electron chi connectivity index (χ2n) is 3.73. The molecule has 1 aromatic rings. The van der Waals surface area contributed by atoms with Crippen LogP contribution in [-0.2, 0) is 12.4 Å². The molecule has 0 saturated heterocycles. The minimum Gasteiger partial charge on any atom is -0.392 e. The van der Waals surface area contributed by atoms with Gasteiger partial charge in [0.1, 0.15) is 0 Å². The van der Waals surface area contributed by atoms with Gasteiger partial charge in [-0.15, -0.1) is 0 Å².